The predicted octanol–water partition coefficient (Wildman–Crippen LogP) is 2.85. The summed E-state index contributed by atoms with van der Waals surface area (Å²) in [6.45, 7) is 6.72. The van der Waals surface area contributed by atoms with Gasteiger partial charge >= 0.3 is 0 Å². The first-order valence-electron chi connectivity index (χ1n) is 6.74. The standard InChI is InChI=1S/C15H23ClN2/c1-13(10-16)11-18-9-8-17(2)12-15(18)14-6-4-3-5-7-14/h3-7,13,15H,8-12H2,1-2H3. The molecule has 2 rings (SSSR count). The van der Waals surface area contributed by atoms with Crippen molar-refractivity contribution in [3.63, 3.8) is 0 Å². The lowest BCUT2D eigenvalue weighted by Gasteiger charge is -2.41. The number of rotatable bonds is 4. The molecular formula is C15H23ClN2. The molecule has 100 valence electrons. The summed E-state index contributed by atoms with van der Waals surface area (Å²) in [6.07, 6.45) is 0. The highest BCUT2D eigenvalue weighted by Gasteiger charge is 2.27. The Morgan fingerprint density at radius 1 is 1.28 bits per heavy atom. The number of nitrogens with zero attached hydrogens (tertiary/aromatic N) is 2. The molecule has 1 aromatic carbocycles. The van der Waals surface area contributed by atoms with E-state index in [4.69, 9.17) is 11.6 Å². The van der Waals surface area contributed by atoms with Gasteiger partial charge in [-0.05, 0) is 18.5 Å². The first-order valence-corrected chi connectivity index (χ1v) is 7.27. The molecule has 0 saturated carbocycles. The van der Waals surface area contributed by atoms with Crippen molar-refractivity contribution in [3.8, 4) is 0 Å². The van der Waals surface area contributed by atoms with Crippen molar-refractivity contribution in [3.05, 3.63) is 35.9 Å². The number of piperazine rings is 1. The Balaban J connectivity index is 2.11. The Kier molecular flexibility index (Phi) is 5.04. The van der Waals surface area contributed by atoms with E-state index in [-0.39, 0.29) is 0 Å². The average Bonchev–Trinajstić information content (AvgIpc) is 2.41. The van der Waals surface area contributed by atoms with E-state index in [0.29, 0.717) is 12.0 Å². The highest BCUT2D eigenvalue weighted by molar-refractivity contribution is 6.18. The summed E-state index contributed by atoms with van der Waals surface area (Å²) in [4.78, 5) is 5.00. The van der Waals surface area contributed by atoms with Crippen LogP contribution in [0.5, 0.6) is 0 Å². The van der Waals surface area contributed by atoms with E-state index < -0.39 is 0 Å². The zero-order valence-corrected chi connectivity index (χ0v) is 12.1. The lowest BCUT2D eigenvalue weighted by molar-refractivity contribution is 0.0799. The van der Waals surface area contributed by atoms with Gasteiger partial charge in [0.1, 0.15) is 0 Å². The fourth-order valence-corrected chi connectivity index (χ4v) is 2.71. The monoisotopic (exact) mass is 266 g/mol. The van der Waals surface area contributed by atoms with Crippen molar-refractivity contribution in [2.24, 2.45) is 5.92 Å². The van der Waals surface area contributed by atoms with Gasteiger partial charge in [-0.1, -0.05) is 37.3 Å². The van der Waals surface area contributed by atoms with Gasteiger partial charge in [-0.3, -0.25) is 4.90 Å². The Morgan fingerprint density at radius 2 is 2.00 bits per heavy atom. The Bertz CT molecular complexity index is 355. The van der Waals surface area contributed by atoms with E-state index in [1.54, 1.807) is 0 Å². The molecule has 0 bridgehead atoms. The van der Waals surface area contributed by atoms with Gasteiger partial charge in [-0.15, -0.1) is 11.6 Å². The third kappa shape index (κ3) is 3.47. The predicted molar refractivity (Wildman–Crippen MR) is 78.1 cm³/mol. The van der Waals surface area contributed by atoms with E-state index >= 15 is 0 Å². The lowest BCUT2D eigenvalue weighted by atomic mass is 10.0. The minimum atomic E-state index is 0.510. The minimum absolute atomic E-state index is 0.510. The third-order valence-corrected chi connectivity index (χ3v) is 4.22. The SMILES string of the molecule is CC(CCl)CN1CCN(C)CC1c1ccccc1. The molecule has 0 N–H and O–H groups in total. The van der Waals surface area contributed by atoms with Crippen LogP contribution in [0.25, 0.3) is 0 Å². The molecule has 0 amide bonds. The molecule has 2 atom stereocenters. The number of alkyl halides is 1. The van der Waals surface area contributed by atoms with Crippen molar-refractivity contribution < 1.29 is 0 Å². The van der Waals surface area contributed by atoms with Gasteiger partial charge in [0.05, 0.1) is 0 Å². The molecule has 1 aliphatic heterocycles. The van der Waals surface area contributed by atoms with E-state index in [2.05, 4.69) is 54.1 Å². The van der Waals surface area contributed by atoms with Crippen LogP contribution in [0.3, 0.4) is 0 Å². The molecule has 2 unspecified atom stereocenters. The largest absolute Gasteiger partial charge is 0.303 e. The third-order valence-electron chi connectivity index (χ3n) is 3.69. The van der Waals surface area contributed by atoms with Crippen LogP contribution in [0.2, 0.25) is 0 Å². The Morgan fingerprint density at radius 3 is 2.67 bits per heavy atom. The van der Waals surface area contributed by atoms with Gasteiger partial charge in [-0.25, -0.2) is 0 Å². The summed E-state index contributed by atoms with van der Waals surface area (Å²) in [5.74, 6) is 1.30. The second-order valence-electron chi connectivity index (χ2n) is 5.44. The molecule has 2 nitrogen and oxygen atoms in total. The van der Waals surface area contributed by atoms with Crippen molar-refractivity contribution in [1.82, 2.24) is 9.80 Å². The number of halogens is 1. The Labute approximate surface area is 116 Å². The van der Waals surface area contributed by atoms with Crippen LogP contribution in [0.15, 0.2) is 30.3 Å². The topological polar surface area (TPSA) is 6.48 Å². The molecular weight excluding hydrogens is 244 g/mol. The van der Waals surface area contributed by atoms with E-state index in [9.17, 15) is 0 Å². The van der Waals surface area contributed by atoms with Crippen LogP contribution in [-0.4, -0.2) is 48.9 Å². The molecule has 0 radical (unpaired) electrons. The maximum Gasteiger partial charge on any atom is 0.0475 e. The summed E-state index contributed by atoms with van der Waals surface area (Å²) in [5, 5.41) is 0. The summed E-state index contributed by atoms with van der Waals surface area (Å²) in [5.41, 5.74) is 1.42. The van der Waals surface area contributed by atoms with Crippen LogP contribution >= 0.6 is 11.6 Å². The molecule has 1 heterocycles. The van der Waals surface area contributed by atoms with Gasteiger partial charge in [0, 0.05) is 38.1 Å². The van der Waals surface area contributed by atoms with Crippen molar-refractivity contribution >= 4 is 11.6 Å². The fraction of sp³-hybridized carbons (Fsp3) is 0.600. The van der Waals surface area contributed by atoms with Gasteiger partial charge in [0.25, 0.3) is 0 Å². The Hall–Kier alpha value is -0.570. The number of benzene rings is 1. The first-order chi connectivity index (χ1) is 8.70. The van der Waals surface area contributed by atoms with Gasteiger partial charge in [0.2, 0.25) is 0 Å². The summed E-state index contributed by atoms with van der Waals surface area (Å²) >= 11 is 5.96. The van der Waals surface area contributed by atoms with E-state index in [1.165, 1.54) is 5.56 Å². The zero-order chi connectivity index (χ0) is 13.0. The fourth-order valence-electron chi connectivity index (χ4n) is 2.62. The molecule has 0 aliphatic carbocycles. The van der Waals surface area contributed by atoms with Crippen LogP contribution < -0.4 is 0 Å². The van der Waals surface area contributed by atoms with Crippen LogP contribution in [0.1, 0.15) is 18.5 Å². The number of hydrogen-bond acceptors (Lipinski definition) is 2. The minimum Gasteiger partial charge on any atom is -0.303 e. The molecule has 18 heavy (non-hydrogen) atoms. The number of hydrogen-bond donors (Lipinski definition) is 0. The van der Waals surface area contributed by atoms with E-state index in [0.717, 1.165) is 32.1 Å². The van der Waals surface area contributed by atoms with Crippen molar-refractivity contribution in [1.29, 1.82) is 0 Å². The van der Waals surface area contributed by atoms with Crippen molar-refractivity contribution in [2.75, 3.05) is 39.1 Å². The highest BCUT2D eigenvalue weighted by atomic mass is 35.5. The van der Waals surface area contributed by atoms with Crippen LogP contribution in [0, 0.1) is 5.92 Å². The molecule has 1 aliphatic rings. The first kappa shape index (κ1) is 13.9. The maximum absolute atomic E-state index is 5.96. The normalized spacial score (nSPS) is 24.1. The van der Waals surface area contributed by atoms with Gasteiger partial charge < -0.3 is 4.90 Å². The quantitative estimate of drug-likeness (QED) is 0.774. The van der Waals surface area contributed by atoms with Crippen molar-refractivity contribution in [2.45, 2.75) is 13.0 Å². The summed E-state index contributed by atoms with van der Waals surface area (Å²) in [6, 6.07) is 11.3. The molecule has 1 saturated heterocycles. The second-order valence-corrected chi connectivity index (χ2v) is 5.75. The second kappa shape index (κ2) is 6.55. The highest BCUT2D eigenvalue weighted by Crippen LogP contribution is 2.25. The summed E-state index contributed by atoms with van der Waals surface area (Å²) < 4.78 is 0. The molecule has 0 spiro atoms. The van der Waals surface area contributed by atoms with Gasteiger partial charge in [-0.2, -0.15) is 0 Å². The van der Waals surface area contributed by atoms with E-state index in [1.807, 2.05) is 0 Å². The molecule has 3 heteroatoms. The molecule has 1 aromatic rings. The van der Waals surface area contributed by atoms with Crippen LogP contribution in [0.4, 0.5) is 0 Å². The van der Waals surface area contributed by atoms with Crippen LogP contribution in [-0.2, 0) is 0 Å². The maximum atomic E-state index is 5.96. The molecule has 0 aromatic heterocycles. The average molecular weight is 267 g/mol. The summed E-state index contributed by atoms with van der Waals surface area (Å²) in [7, 11) is 2.21. The number of likely N-dealkylation sites (N-methyl/N-ethyl adjacent to an activating group) is 1. The smallest absolute Gasteiger partial charge is 0.0475 e. The zero-order valence-electron chi connectivity index (χ0n) is 11.3. The van der Waals surface area contributed by atoms with Gasteiger partial charge in [0.15, 0.2) is 0 Å². The molecule has 1 fully saturated rings. The lowest BCUT2D eigenvalue weighted by Crippen LogP contribution is -2.48.